The second kappa shape index (κ2) is 10.4. The molecule has 30 heavy (non-hydrogen) atoms. The van der Waals surface area contributed by atoms with Crippen LogP contribution in [0.25, 0.3) is 0 Å². The van der Waals surface area contributed by atoms with Crippen LogP contribution in [0.3, 0.4) is 0 Å². The highest BCUT2D eigenvalue weighted by atomic mass is 32.2. The number of nitrogens with zero attached hydrogens (tertiary/aromatic N) is 1. The van der Waals surface area contributed by atoms with Gasteiger partial charge in [0.25, 0.3) is 0 Å². The van der Waals surface area contributed by atoms with Crippen molar-refractivity contribution in [1.29, 1.82) is 0 Å². The van der Waals surface area contributed by atoms with Crippen LogP contribution in [0.4, 0.5) is 17.1 Å². The van der Waals surface area contributed by atoms with Gasteiger partial charge in [0.1, 0.15) is 0 Å². The average Bonchev–Trinajstić information content (AvgIpc) is 3.10. The van der Waals surface area contributed by atoms with Gasteiger partial charge in [-0.1, -0.05) is 43.7 Å². The minimum atomic E-state index is -0.865. The van der Waals surface area contributed by atoms with Crippen LogP contribution in [0.5, 0.6) is 0 Å². The number of thioether (sulfide) groups is 1. The molecule has 0 radical (unpaired) electrons. The lowest BCUT2D eigenvalue weighted by molar-refractivity contribution is -0.137. The standard InChI is InChI=1S/C23H29N3O3S/c1-2-3-14-21(27)26(18-10-5-4-6-11-18)15-9-16-30-23(17-22(28)29)24-19-12-7-8-13-20(19)25-23/h4-8,10-13,24-25H,2-3,9,14-17H2,1H3,(H,28,29). The molecule has 3 rings (SSSR count). The predicted molar refractivity (Wildman–Crippen MR) is 124 cm³/mol. The highest BCUT2D eigenvalue weighted by Gasteiger charge is 2.38. The second-order valence-corrected chi connectivity index (χ2v) is 8.77. The van der Waals surface area contributed by atoms with Crippen LogP contribution in [0.2, 0.25) is 0 Å². The van der Waals surface area contributed by atoms with Crippen molar-refractivity contribution < 1.29 is 14.7 Å². The number of carboxylic acids is 1. The Kier molecular flexibility index (Phi) is 7.63. The summed E-state index contributed by atoms with van der Waals surface area (Å²) in [4.78, 5) is 25.3. The summed E-state index contributed by atoms with van der Waals surface area (Å²) < 4.78 is 0. The van der Waals surface area contributed by atoms with E-state index < -0.39 is 11.0 Å². The maximum atomic E-state index is 12.7. The molecule has 0 spiro atoms. The van der Waals surface area contributed by atoms with Gasteiger partial charge in [0.15, 0.2) is 4.99 Å². The number of amides is 1. The van der Waals surface area contributed by atoms with Crippen molar-refractivity contribution in [2.24, 2.45) is 0 Å². The fourth-order valence-corrected chi connectivity index (χ4v) is 4.74. The van der Waals surface area contributed by atoms with Crippen LogP contribution in [0.1, 0.15) is 39.0 Å². The molecule has 0 bridgehead atoms. The van der Waals surface area contributed by atoms with Crippen molar-refractivity contribution in [3.05, 3.63) is 54.6 Å². The number of fused-ring (bicyclic) bond motifs is 1. The molecule has 0 saturated heterocycles. The molecule has 1 heterocycles. The minimum Gasteiger partial charge on any atom is -0.481 e. The van der Waals surface area contributed by atoms with Gasteiger partial charge in [-0.15, -0.1) is 11.8 Å². The van der Waals surface area contributed by atoms with E-state index in [-0.39, 0.29) is 12.3 Å². The Balaban J connectivity index is 1.61. The molecule has 1 amide bonds. The number of carboxylic acid groups (broad SMARTS) is 1. The van der Waals surface area contributed by atoms with Gasteiger partial charge in [-0.25, -0.2) is 0 Å². The Morgan fingerprint density at radius 3 is 2.23 bits per heavy atom. The molecule has 0 aliphatic carbocycles. The lowest BCUT2D eigenvalue weighted by atomic mass is 10.2. The van der Waals surface area contributed by atoms with Gasteiger partial charge in [0.2, 0.25) is 5.91 Å². The molecule has 0 aromatic heterocycles. The Morgan fingerprint density at radius 1 is 1.00 bits per heavy atom. The molecule has 7 heteroatoms. The van der Waals surface area contributed by atoms with Gasteiger partial charge >= 0.3 is 5.97 Å². The molecule has 2 aromatic carbocycles. The van der Waals surface area contributed by atoms with Crippen LogP contribution in [0, 0.1) is 0 Å². The second-order valence-electron chi connectivity index (χ2n) is 7.38. The zero-order valence-corrected chi connectivity index (χ0v) is 18.1. The Labute approximate surface area is 182 Å². The van der Waals surface area contributed by atoms with E-state index in [0.717, 1.165) is 36.3 Å². The number of rotatable bonds is 11. The number of carbonyl (C=O) groups is 2. The number of benzene rings is 2. The Hall–Kier alpha value is -2.67. The van der Waals surface area contributed by atoms with Crippen molar-refractivity contribution >= 4 is 40.7 Å². The number of aliphatic carboxylic acids is 1. The maximum Gasteiger partial charge on any atom is 0.308 e. The molecule has 6 nitrogen and oxygen atoms in total. The third kappa shape index (κ3) is 5.69. The third-order valence-corrected chi connectivity index (χ3v) is 6.32. The summed E-state index contributed by atoms with van der Waals surface area (Å²) in [5, 5.41) is 16.1. The molecule has 1 aliphatic rings. The summed E-state index contributed by atoms with van der Waals surface area (Å²) >= 11 is 1.54. The number of hydrogen-bond donors (Lipinski definition) is 3. The smallest absolute Gasteiger partial charge is 0.308 e. The van der Waals surface area contributed by atoms with Crippen molar-refractivity contribution in [1.82, 2.24) is 0 Å². The van der Waals surface area contributed by atoms with Gasteiger partial charge in [0.05, 0.1) is 17.8 Å². The molecule has 0 unspecified atom stereocenters. The summed E-state index contributed by atoms with van der Waals surface area (Å²) in [6.07, 6.45) is 3.12. The molecule has 0 atom stereocenters. The summed E-state index contributed by atoms with van der Waals surface area (Å²) in [5.41, 5.74) is 2.73. The molecule has 3 N–H and O–H groups in total. The first-order valence-corrected chi connectivity index (χ1v) is 11.4. The number of para-hydroxylation sites is 3. The predicted octanol–water partition coefficient (Wildman–Crippen LogP) is 5.00. The molecule has 0 saturated carbocycles. The lowest BCUT2D eigenvalue weighted by Gasteiger charge is -2.29. The number of hydrogen-bond acceptors (Lipinski definition) is 5. The topological polar surface area (TPSA) is 81.7 Å². The van der Waals surface area contributed by atoms with E-state index in [1.165, 1.54) is 0 Å². The van der Waals surface area contributed by atoms with Gasteiger partial charge in [-0.05, 0) is 42.9 Å². The van der Waals surface area contributed by atoms with E-state index in [4.69, 9.17) is 0 Å². The molecule has 1 aliphatic heterocycles. The Morgan fingerprint density at radius 2 is 1.63 bits per heavy atom. The van der Waals surface area contributed by atoms with Gasteiger partial charge in [0, 0.05) is 18.7 Å². The van der Waals surface area contributed by atoms with Crippen LogP contribution in [-0.2, 0) is 9.59 Å². The van der Waals surface area contributed by atoms with Crippen LogP contribution < -0.4 is 15.5 Å². The first kappa shape index (κ1) is 22.0. The molecular weight excluding hydrogens is 398 g/mol. The van der Waals surface area contributed by atoms with Gasteiger partial charge in [-0.2, -0.15) is 0 Å². The van der Waals surface area contributed by atoms with Crippen LogP contribution in [-0.4, -0.2) is 34.3 Å². The van der Waals surface area contributed by atoms with E-state index in [1.54, 1.807) is 11.8 Å². The maximum absolute atomic E-state index is 12.7. The molecule has 160 valence electrons. The van der Waals surface area contributed by atoms with Crippen molar-refractivity contribution in [2.75, 3.05) is 27.8 Å². The number of nitrogens with one attached hydrogen (secondary N) is 2. The summed E-state index contributed by atoms with van der Waals surface area (Å²) in [7, 11) is 0. The van der Waals surface area contributed by atoms with E-state index in [1.807, 2.05) is 59.5 Å². The SMILES string of the molecule is CCCCC(=O)N(CCCSC1(CC(=O)O)Nc2ccccc2N1)c1ccccc1. The molecule has 2 aromatic rings. The monoisotopic (exact) mass is 427 g/mol. The van der Waals surface area contributed by atoms with E-state index >= 15 is 0 Å². The fraction of sp³-hybridized carbons (Fsp3) is 0.391. The van der Waals surface area contributed by atoms with Crippen molar-refractivity contribution in [2.45, 2.75) is 44.0 Å². The highest BCUT2D eigenvalue weighted by Crippen LogP contribution is 2.41. The van der Waals surface area contributed by atoms with Gasteiger partial charge in [-0.3, -0.25) is 9.59 Å². The van der Waals surface area contributed by atoms with Crippen LogP contribution in [0.15, 0.2) is 54.6 Å². The fourth-order valence-electron chi connectivity index (χ4n) is 3.53. The largest absolute Gasteiger partial charge is 0.481 e. The summed E-state index contributed by atoms with van der Waals surface area (Å²) in [5.74, 6) is -0.0140. The molecule has 0 fully saturated rings. The van der Waals surface area contributed by atoms with Crippen LogP contribution >= 0.6 is 11.8 Å². The third-order valence-electron chi connectivity index (χ3n) is 4.99. The number of carbonyl (C=O) groups excluding carboxylic acids is 1. The average molecular weight is 428 g/mol. The van der Waals surface area contributed by atoms with Crippen molar-refractivity contribution in [3.8, 4) is 0 Å². The minimum absolute atomic E-state index is 0.0514. The molecular formula is C23H29N3O3S. The highest BCUT2D eigenvalue weighted by molar-refractivity contribution is 8.00. The van der Waals surface area contributed by atoms with Crippen molar-refractivity contribution in [3.63, 3.8) is 0 Å². The van der Waals surface area contributed by atoms with E-state index in [0.29, 0.717) is 18.7 Å². The zero-order valence-electron chi connectivity index (χ0n) is 17.3. The quantitative estimate of drug-likeness (QED) is 0.438. The zero-order chi connectivity index (χ0) is 21.4. The van der Waals surface area contributed by atoms with Gasteiger partial charge < -0.3 is 20.6 Å². The first-order valence-electron chi connectivity index (χ1n) is 10.4. The van der Waals surface area contributed by atoms with E-state index in [2.05, 4.69) is 17.6 Å². The van der Waals surface area contributed by atoms with E-state index in [9.17, 15) is 14.7 Å². The summed E-state index contributed by atoms with van der Waals surface area (Å²) in [6.45, 7) is 2.69. The summed E-state index contributed by atoms with van der Waals surface area (Å²) in [6, 6.07) is 17.5. The number of unbranched alkanes of at least 4 members (excludes halogenated alkanes) is 1. The lowest BCUT2D eigenvalue weighted by Crippen LogP contribution is -2.41. The number of anilines is 3. The Bertz CT molecular complexity index is 835. The normalized spacial score (nSPS) is 13.8. The first-order chi connectivity index (χ1) is 14.5.